The fourth-order valence-corrected chi connectivity index (χ4v) is 2.83. The molecule has 31 heavy (non-hydrogen) atoms. The van der Waals surface area contributed by atoms with Crippen molar-refractivity contribution in [1.82, 2.24) is 14.9 Å². The zero-order chi connectivity index (χ0) is 22.2. The number of amides is 2. The van der Waals surface area contributed by atoms with Crippen LogP contribution in [0.5, 0.6) is 5.75 Å². The second kappa shape index (κ2) is 10.4. The molecule has 0 aliphatic carbocycles. The third kappa shape index (κ3) is 6.68. The normalized spacial score (nSPS) is 10.4. The Balaban J connectivity index is 1.55. The Hall–Kier alpha value is -3.65. The van der Waals surface area contributed by atoms with E-state index in [2.05, 4.69) is 15.6 Å². The first-order valence-electron chi connectivity index (χ1n) is 9.50. The molecule has 0 saturated carbocycles. The van der Waals surface area contributed by atoms with Gasteiger partial charge in [0.05, 0.1) is 18.6 Å². The summed E-state index contributed by atoms with van der Waals surface area (Å²) < 4.78 is 6.72. The summed E-state index contributed by atoms with van der Waals surface area (Å²) in [5, 5.41) is 5.96. The molecular weight excluding hydrogens is 420 g/mol. The van der Waals surface area contributed by atoms with Crippen molar-refractivity contribution in [2.24, 2.45) is 0 Å². The molecule has 160 valence electrons. The van der Waals surface area contributed by atoms with Crippen molar-refractivity contribution < 1.29 is 14.3 Å². The summed E-state index contributed by atoms with van der Waals surface area (Å²) in [4.78, 5) is 39.7. The molecule has 0 aliphatic heterocycles. The summed E-state index contributed by atoms with van der Waals surface area (Å²) >= 11 is 5.88. The highest BCUT2D eigenvalue weighted by atomic mass is 35.5. The van der Waals surface area contributed by atoms with Crippen LogP contribution in [0.2, 0.25) is 5.02 Å². The van der Waals surface area contributed by atoms with E-state index in [0.717, 1.165) is 5.56 Å². The maximum atomic E-state index is 12.4. The van der Waals surface area contributed by atoms with E-state index in [1.807, 2.05) is 0 Å². The van der Waals surface area contributed by atoms with Crippen molar-refractivity contribution in [3.05, 3.63) is 76.3 Å². The van der Waals surface area contributed by atoms with E-state index in [-0.39, 0.29) is 23.9 Å². The number of nitrogens with one attached hydrogen (secondary N) is 2. The van der Waals surface area contributed by atoms with Gasteiger partial charge in [-0.05, 0) is 36.4 Å². The van der Waals surface area contributed by atoms with Gasteiger partial charge in [0.2, 0.25) is 11.8 Å². The Bertz CT molecular complexity index is 1110. The summed E-state index contributed by atoms with van der Waals surface area (Å²) in [6, 6.07) is 15.2. The molecule has 1 heterocycles. The van der Waals surface area contributed by atoms with Gasteiger partial charge in [0.1, 0.15) is 18.9 Å². The molecule has 9 heteroatoms. The quantitative estimate of drug-likeness (QED) is 0.524. The van der Waals surface area contributed by atoms with Crippen LogP contribution in [-0.2, 0) is 16.1 Å². The number of halogens is 1. The fraction of sp³-hybridized carbons (Fsp3) is 0.182. The highest BCUT2D eigenvalue weighted by molar-refractivity contribution is 6.30. The number of carbonyl (C=O) groups excluding carboxylic acids is 2. The first-order chi connectivity index (χ1) is 14.9. The van der Waals surface area contributed by atoms with Gasteiger partial charge in [0.15, 0.2) is 0 Å². The second-order valence-corrected chi connectivity index (χ2v) is 7.09. The Morgan fingerprint density at radius 1 is 1.10 bits per heavy atom. The van der Waals surface area contributed by atoms with Crippen LogP contribution in [0.3, 0.4) is 0 Å². The van der Waals surface area contributed by atoms with Gasteiger partial charge >= 0.3 is 0 Å². The van der Waals surface area contributed by atoms with E-state index in [9.17, 15) is 14.4 Å². The van der Waals surface area contributed by atoms with Crippen molar-refractivity contribution in [3.63, 3.8) is 0 Å². The Kier molecular flexibility index (Phi) is 7.40. The maximum absolute atomic E-state index is 12.4. The van der Waals surface area contributed by atoms with Gasteiger partial charge in [-0.15, -0.1) is 0 Å². The monoisotopic (exact) mass is 440 g/mol. The number of anilines is 1. The van der Waals surface area contributed by atoms with E-state index < -0.39 is 0 Å². The van der Waals surface area contributed by atoms with E-state index in [1.165, 1.54) is 23.9 Å². The molecule has 0 aliphatic rings. The largest absolute Gasteiger partial charge is 0.492 e. The molecule has 3 aromatic rings. The molecule has 2 N–H and O–H groups in total. The van der Waals surface area contributed by atoms with Gasteiger partial charge in [-0.1, -0.05) is 23.7 Å². The first-order valence-corrected chi connectivity index (χ1v) is 9.88. The molecule has 3 rings (SSSR count). The maximum Gasteiger partial charge on any atom is 0.254 e. The van der Waals surface area contributed by atoms with Gasteiger partial charge in [-0.3, -0.25) is 19.0 Å². The highest BCUT2D eigenvalue weighted by Gasteiger charge is 2.08. The van der Waals surface area contributed by atoms with Crippen LogP contribution in [0, 0.1) is 0 Å². The van der Waals surface area contributed by atoms with Gasteiger partial charge in [0.25, 0.3) is 5.56 Å². The molecule has 0 spiro atoms. The number of hydrogen-bond donors (Lipinski definition) is 2. The molecule has 0 unspecified atom stereocenters. The number of aromatic nitrogens is 2. The number of carbonyl (C=O) groups is 2. The summed E-state index contributed by atoms with van der Waals surface area (Å²) in [5.74, 6) is 0.139. The molecule has 0 fully saturated rings. The molecule has 0 atom stereocenters. The fourth-order valence-electron chi connectivity index (χ4n) is 2.71. The van der Waals surface area contributed by atoms with Gasteiger partial charge in [-0.25, -0.2) is 4.98 Å². The average Bonchev–Trinajstić information content (AvgIpc) is 2.74. The van der Waals surface area contributed by atoms with Crippen LogP contribution in [0.15, 0.2) is 65.7 Å². The Morgan fingerprint density at radius 2 is 1.81 bits per heavy atom. The van der Waals surface area contributed by atoms with Crippen LogP contribution >= 0.6 is 11.6 Å². The molecule has 0 saturated heterocycles. The predicted octanol–water partition coefficient (Wildman–Crippen LogP) is 2.72. The summed E-state index contributed by atoms with van der Waals surface area (Å²) in [5.41, 5.74) is 1.50. The SMILES string of the molecule is CC(=O)NCCOc1ccc(NC(=O)Cn2cnc(-c3ccc(Cl)cc3)cc2=O)cc1. The topological polar surface area (TPSA) is 102 Å². The smallest absolute Gasteiger partial charge is 0.254 e. The zero-order valence-electron chi connectivity index (χ0n) is 16.8. The van der Waals surface area contributed by atoms with Gasteiger partial charge in [-0.2, -0.15) is 0 Å². The average molecular weight is 441 g/mol. The number of rotatable bonds is 8. The lowest BCUT2D eigenvalue weighted by molar-refractivity contribution is -0.119. The summed E-state index contributed by atoms with van der Waals surface area (Å²) in [6.45, 7) is 2.03. The molecule has 1 aromatic heterocycles. The van der Waals surface area contributed by atoms with Crippen molar-refractivity contribution in [3.8, 4) is 17.0 Å². The van der Waals surface area contributed by atoms with Crippen LogP contribution in [0.4, 0.5) is 5.69 Å². The number of hydrogen-bond acceptors (Lipinski definition) is 5. The number of benzene rings is 2. The van der Waals surface area contributed by atoms with Crippen molar-refractivity contribution in [1.29, 1.82) is 0 Å². The minimum absolute atomic E-state index is 0.115. The molecule has 0 bridgehead atoms. The third-order valence-corrected chi connectivity index (χ3v) is 4.47. The summed E-state index contributed by atoms with van der Waals surface area (Å²) in [6.07, 6.45) is 1.35. The number of nitrogens with zero attached hydrogens (tertiary/aromatic N) is 2. The van der Waals surface area contributed by atoms with Crippen molar-refractivity contribution >= 4 is 29.1 Å². The first kappa shape index (κ1) is 22.0. The van der Waals surface area contributed by atoms with Crippen LogP contribution in [0.25, 0.3) is 11.3 Å². The molecule has 0 radical (unpaired) electrons. The Labute approximate surface area is 183 Å². The Morgan fingerprint density at radius 3 is 2.45 bits per heavy atom. The lowest BCUT2D eigenvalue weighted by Crippen LogP contribution is -2.27. The zero-order valence-corrected chi connectivity index (χ0v) is 17.6. The van der Waals surface area contributed by atoms with E-state index in [0.29, 0.717) is 35.3 Å². The lowest BCUT2D eigenvalue weighted by atomic mass is 10.1. The van der Waals surface area contributed by atoms with E-state index in [1.54, 1.807) is 48.5 Å². The standard InChI is InChI=1S/C22H21ClN4O4/c1-15(28)24-10-11-31-19-8-6-18(7-9-19)26-21(29)13-27-14-25-20(12-22(27)30)16-2-4-17(23)5-3-16/h2-9,12,14H,10-11,13H2,1H3,(H,24,28)(H,26,29). The van der Waals surface area contributed by atoms with E-state index in [4.69, 9.17) is 16.3 Å². The van der Waals surface area contributed by atoms with Crippen molar-refractivity contribution in [2.45, 2.75) is 13.5 Å². The molecular formula is C22H21ClN4O4. The minimum Gasteiger partial charge on any atom is -0.492 e. The predicted molar refractivity (Wildman–Crippen MR) is 118 cm³/mol. The lowest BCUT2D eigenvalue weighted by Gasteiger charge is -2.10. The summed E-state index contributed by atoms with van der Waals surface area (Å²) in [7, 11) is 0. The molecule has 8 nitrogen and oxygen atoms in total. The minimum atomic E-state index is -0.359. The van der Waals surface area contributed by atoms with Gasteiger partial charge in [0, 0.05) is 29.3 Å². The molecule has 2 aromatic carbocycles. The molecule has 2 amide bonds. The van der Waals surface area contributed by atoms with Crippen LogP contribution < -0.4 is 20.9 Å². The van der Waals surface area contributed by atoms with Crippen LogP contribution in [0.1, 0.15) is 6.92 Å². The van der Waals surface area contributed by atoms with Crippen LogP contribution in [-0.4, -0.2) is 34.5 Å². The third-order valence-electron chi connectivity index (χ3n) is 4.22. The second-order valence-electron chi connectivity index (χ2n) is 6.65. The number of ether oxygens (including phenoxy) is 1. The van der Waals surface area contributed by atoms with Gasteiger partial charge < -0.3 is 15.4 Å². The van der Waals surface area contributed by atoms with E-state index >= 15 is 0 Å². The van der Waals surface area contributed by atoms with Crippen molar-refractivity contribution in [2.75, 3.05) is 18.5 Å². The highest BCUT2D eigenvalue weighted by Crippen LogP contribution is 2.18.